The first-order valence-electron chi connectivity index (χ1n) is 10.3. The Kier molecular flexibility index (Phi) is 6.22. The molecule has 0 aliphatic carbocycles. The summed E-state index contributed by atoms with van der Waals surface area (Å²) in [6.45, 7) is 4.10. The zero-order valence-electron chi connectivity index (χ0n) is 18.1. The molecule has 0 unspecified atom stereocenters. The van der Waals surface area contributed by atoms with Crippen molar-refractivity contribution in [3.05, 3.63) is 65.5 Å². The van der Waals surface area contributed by atoms with E-state index in [1.54, 1.807) is 19.9 Å². The van der Waals surface area contributed by atoms with Crippen molar-refractivity contribution < 1.29 is 27.8 Å². The number of benzene rings is 1. The minimum Gasteiger partial charge on any atom is -0.469 e. The molecule has 2 aromatic heterocycles. The zero-order chi connectivity index (χ0) is 23.6. The number of ether oxygens (including phenoxy) is 2. The summed E-state index contributed by atoms with van der Waals surface area (Å²) < 4.78 is 50.0. The molecule has 0 bridgehead atoms. The molecule has 0 atom stereocenters. The Bertz CT molecular complexity index is 1110. The number of aromatic nitrogens is 3. The Morgan fingerprint density at radius 1 is 1.09 bits per heavy atom. The first-order valence-corrected chi connectivity index (χ1v) is 10.3. The van der Waals surface area contributed by atoms with E-state index in [9.17, 15) is 18.3 Å². The van der Waals surface area contributed by atoms with Crippen LogP contribution in [0, 0.1) is 0 Å². The highest BCUT2D eigenvalue weighted by molar-refractivity contribution is 5.59. The second kappa shape index (κ2) is 8.95. The third kappa shape index (κ3) is 5.58. The summed E-state index contributed by atoms with van der Waals surface area (Å²) >= 11 is 0. The van der Waals surface area contributed by atoms with E-state index in [-0.39, 0.29) is 19.2 Å². The Morgan fingerprint density at radius 3 is 2.42 bits per heavy atom. The van der Waals surface area contributed by atoms with Gasteiger partial charge >= 0.3 is 6.18 Å². The lowest BCUT2D eigenvalue weighted by Gasteiger charge is -2.27. The van der Waals surface area contributed by atoms with Crippen LogP contribution in [-0.4, -0.2) is 39.4 Å². The summed E-state index contributed by atoms with van der Waals surface area (Å²) in [7, 11) is 0. The van der Waals surface area contributed by atoms with E-state index < -0.39 is 29.3 Å². The van der Waals surface area contributed by atoms with Crippen LogP contribution in [0.4, 0.5) is 19.1 Å². The normalized spacial score (nSPS) is 14.6. The number of rotatable bonds is 7. The van der Waals surface area contributed by atoms with Crippen LogP contribution in [0.3, 0.4) is 0 Å². The van der Waals surface area contributed by atoms with Crippen molar-refractivity contribution in [2.45, 2.75) is 38.3 Å². The van der Waals surface area contributed by atoms with Crippen molar-refractivity contribution in [3.63, 3.8) is 0 Å². The highest BCUT2D eigenvalue weighted by Crippen LogP contribution is 2.36. The summed E-state index contributed by atoms with van der Waals surface area (Å²) in [4.78, 5) is 12.2. The Hall–Kier alpha value is -3.24. The Labute approximate surface area is 188 Å². The Balaban J connectivity index is 1.45. The smallest absolute Gasteiger partial charge is 0.423 e. The lowest BCUT2D eigenvalue weighted by atomic mass is 10.0. The summed E-state index contributed by atoms with van der Waals surface area (Å²) in [6, 6.07) is 13.0. The molecule has 174 valence electrons. The maximum absolute atomic E-state index is 13.2. The van der Waals surface area contributed by atoms with Crippen molar-refractivity contribution in [2.75, 3.05) is 18.5 Å². The van der Waals surface area contributed by atoms with Crippen molar-refractivity contribution >= 4 is 5.95 Å². The molecule has 1 fully saturated rings. The van der Waals surface area contributed by atoms with Gasteiger partial charge in [-0.3, -0.25) is 0 Å². The average molecular weight is 460 g/mol. The number of halogens is 3. The number of anilines is 1. The van der Waals surface area contributed by atoms with Crippen LogP contribution in [0.2, 0.25) is 0 Å². The van der Waals surface area contributed by atoms with E-state index in [2.05, 4.69) is 20.3 Å². The second-order valence-electron chi connectivity index (χ2n) is 8.21. The molecular weight excluding hydrogens is 437 g/mol. The predicted octanol–water partition coefficient (Wildman–Crippen LogP) is 4.17. The topological polar surface area (TPSA) is 89.4 Å². The fourth-order valence-electron chi connectivity index (χ4n) is 3.09. The summed E-state index contributed by atoms with van der Waals surface area (Å²) in [5, 5.41) is 13.1. The van der Waals surface area contributed by atoms with Gasteiger partial charge < -0.3 is 19.9 Å². The fraction of sp³-hybridized carbons (Fsp3) is 0.348. The molecule has 0 radical (unpaired) electrons. The molecule has 3 heterocycles. The van der Waals surface area contributed by atoms with Gasteiger partial charge in [-0.2, -0.15) is 18.2 Å². The molecule has 4 rings (SSSR count). The average Bonchev–Trinajstić information content (AvgIpc) is 2.74. The highest BCUT2D eigenvalue weighted by Gasteiger charge is 2.37. The minimum absolute atomic E-state index is 0.0295. The minimum atomic E-state index is -4.62. The SMILES string of the molecule is CC(C)(O)c1cccc(-c2ccc(CNc3ncc(C(F)(F)F)c(OC4COC4)n3)cc2)n1. The van der Waals surface area contributed by atoms with Crippen LogP contribution in [0.25, 0.3) is 11.3 Å². The molecule has 1 aliphatic heterocycles. The lowest BCUT2D eigenvalue weighted by molar-refractivity contribution is -0.142. The molecule has 1 saturated heterocycles. The van der Waals surface area contributed by atoms with Gasteiger partial charge in [-0.05, 0) is 31.5 Å². The maximum atomic E-state index is 13.2. The van der Waals surface area contributed by atoms with E-state index in [0.717, 1.165) is 16.8 Å². The summed E-state index contributed by atoms with van der Waals surface area (Å²) in [6.07, 6.45) is -4.36. The van der Waals surface area contributed by atoms with Crippen LogP contribution in [-0.2, 0) is 23.1 Å². The van der Waals surface area contributed by atoms with Crippen LogP contribution >= 0.6 is 0 Å². The molecular formula is C23H23F3N4O3. The van der Waals surface area contributed by atoms with Crippen molar-refractivity contribution in [3.8, 4) is 17.1 Å². The third-order valence-corrected chi connectivity index (χ3v) is 5.02. The molecule has 0 saturated carbocycles. The molecule has 33 heavy (non-hydrogen) atoms. The Morgan fingerprint density at radius 2 is 1.82 bits per heavy atom. The first kappa shape index (κ1) is 22.9. The van der Waals surface area contributed by atoms with Gasteiger partial charge in [0.15, 0.2) is 0 Å². The molecule has 1 aliphatic rings. The summed E-state index contributed by atoms with van der Waals surface area (Å²) in [5.74, 6) is -0.483. The van der Waals surface area contributed by atoms with Crippen molar-refractivity contribution in [1.82, 2.24) is 15.0 Å². The summed E-state index contributed by atoms with van der Waals surface area (Å²) in [5.41, 5.74) is 0.962. The van der Waals surface area contributed by atoms with E-state index in [1.807, 2.05) is 36.4 Å². The predicted molar refractivity (Wildman–Crippen MR) is 115 cm³/mol. The van der Waals surface area contributed by atoms with E-state index in [0.29, 0.717) is 18.4 Å². The van der Waals surface area contributed by atoms with E-state index >= 15 is 0 Å². The van der Waals surface area contributed by atoms with Gasteiger partial charge in [-0.1, -0.05) is 30.3 Å². The number of hydrogen-bond donors (Lipinski definition) is 2. The maximum Gasteiger partial charge on any atom is 0.423 e. The van der Waals surface area contributed by atoms with Crippen LogP contribution in [0.5, 0.6) is 5.88 Å². The van der Waals surface area contributed by atoms with Crippen molar-refractivity contribution in [1.29, 1.82) is 0 Å². The number of nitrogens with zero attached hydrogens (tertiary/aromatic N) is 3. The molecule has 2 N–H and O–H groups in total. The molecule has 0 spiro atoms. The number of hydrogen-bond acceptors (Lipinski definition) is 7. The van der Waals surface area contributed by atoms with E-state index in [4.69, 9.17) is 9.47 Å². The van der Waals surface area contributed by atoms with Crippen LogP contribution in [0.15, 0.2) is 48.7 Å². The highest BCUT2D eigenvalue weighted by atomic mass is 19.4. The number of nitrogens with one attached hydrogen (secondary N) is 1. The van der Waals surface area contributed by atoms with Gasteiger partial charge in [0, 0.05) is 18.3 Å². The van der Waals surface area contributed by atoms with Gasteiger partial charge in [-0.25, -0.2) is 9.97 Å². The third-order valence-electron chi connectivity index (χ3n) is 5.02. The fourth-order valence-corrected chi connectivity index (χ4v) is 3.09. The van der Waals surface area contributed by atoms with Gasteiger partial charge in [0.25, 0.3) is 0 Å². The lowest BCUT2D eigenvalue weighted by Crippen LogP contribution is -2.39. The van der Waals surface area contributed by atoms with Crippen molar-refractivity contribution in [2.24, 2.45) is 0 Å². The number of aliphatic hydroxyl groups is 1. The number of alkyl halides is 3. The van der Waals surface area contributed by atoms with Gasteiger partial charge in [0.05, 0.1) is 24.6 Å². The van der Waals surface area contributed by atoms with Gasteiger partial charge in [-0.15, -0.1) is 0 Å². The first-order chi connectivity index (χ1) is 15.6. The standard InChI is InChI=1S/C23H23F3N4O3/c1-22(2,31)19-5-3-4-18(29-19)15-8-6-14(7-9-15)10-27-21-28-11-17(23(24,25)26)20(30-21)33-16-12-32-13-16/h3-9,11,16,31H,10,12-13H2,1-2H3,(H,27,28,30). The quantitative estimate of drug-likeness (QED) is 0.547. The van der Waals surface area contributed by atoms with Gasteiger partial charge in [0.1, 0.15) is 17.3 Å². The molecule has 7 nitrogen and oxygen atoms in total. The van der Waals surface area contributed by atoms with Crippen LogP contribution < -0.4 is 10.1 Å². The molecule has 10 heteroatoms. The number of pyridine rings is 1. The largest absolute Gasteiger partial charge is 0.469 e. The van der Waals surface area contributed by atoms with Gasteiger partial charge in [0.2, 0.25) is 11.8 Å². The molecule has 0 amide bonds. The monoisotopic (exact) mass is 460 g/mol. The zero-order valence-corrected chi connectivity index (χ0v) is 18.1. The van der Waals surface area contributed by atoms with E-state index in [1.165, 1.54) is 0 Å². The second-order valence-corrected chi connectivity index (χ2v) is 8.21. The van der Waals surface area contributed by atoms with Crippen LogP contribution in [0.1, 0.15) is 30.7 Å². The molecule has 1 aromatic carbocycles. The molecule has 3 aromatic rings.